The summed E-state index contributed by atoms with van der Waals surface area (Å²) in [6.45, 7) is 1.71. The van der Waals surface area contributed by atoms with Crippen LogP contribution >= 0.6 is 15.9 Å². The van der Waals surface area contributed by atoms with Crippen molar-refractivity contribution in [2.24, 2.45) is 0 Å². The number of hydrogen-bond acceptors (Lipinski definition) is 2. The molecule has 2 aromatic carbocycles. The number of carbonyl (C=O) groups excluding carboxylic acids is 1. The smallest absolute Gasteiger partial charge is 0.255 e. The predicted molar refractivity (Wildman–Crippen MR) is 83.9 cm³/mol. The number of anilines is 1. The third-order valence-corrected chi connectivity index (χ3v) is 4.21. The molecule has 0 fully saturated rings. The zero-order valence-electron chi connectivity index (χ0n) is 11.2. The number of halogens is 2. The summed E-state index contributed by atoms with van der Waals surface area (Å²) in [5, 5.41) is 6.18. The van der Waals surface area contributed by atoms with Gasteiger partial charge in [0.25, 0.3) is 5.91 Å². The first-order chi connectivity index (χ1) is 10.1. The fourth-order valence-electron chi connectivity index (χ4n) is 2.48. The lowest BCUT2D eigenvalue weighted by Gasteiger charge is -2.20. The fourth-order valence-corrected chi connectivity index (χ4v) is 2.73. The van der Waals surface area contributed by atoms with Gasteiger partial charge in [-0.1, -0.05) is 12.1 Å². The minimum absolute atomic E-state index is 0.298. The predicted octanol–water partition coefficient (Wildman–Crippen LogP) is 3.49. The Labute approximate surface area is 130 Å². The van der Waals surface area contributed by atoms with E-state index in [-0.39, 0.29) is 5.91 Å². The second-order valence-corrected chi connectivity index (χ2v) is 5.81. The minimum Gasteiger partial charge on any atom is -0.322 e. The monoisotopic (exact) mass is 348 g/mol. The van der Waals surface area contributed by atoms with Crippen molar-refractivity contribution in [3.05, 3.63) is 63.4 Å². The van der Waals surface area contributed by atoms with E-state index in [0.717, 1.165) is 30.8 Å². The molecule has 3 nitrogen and oxygen atoms in total. The van der Waals surface area contributed by atoms with E-state index < -0.39 is 5.82 Å². The topological polar surface area (TPSA) is 41.1 Å². The van der Waals surface area contributed by atoms with Gasteiger partial charge in [-0.15, -0.1) is 0 Å². The van der Waals surface area contributed by atoms with Crippen molar-refractivity contribution in [2.45, 2.75) is 13.0 Å². The number of amides is 1. The van der Waals surface area contributed by atoms with Crippen molar-refractivity contribution in [1.29, 1.82) is 0 Å². The van der Waals surface area contributed by atoms with Gasteiger partial charge >= 0.3 is 0 Å². The van der Waals surface area contributed by atoms with Crippen LogP contribution in [-0.2, 0) is 13.0 Å². The van der Waals surface area contributed by atoms with E-state index in [4.69, 9.17) is 0 Å². The van der Waals surface area contributed by atoms with Gasteiger partial charge < -0.3 is 10.6 Å². The van der Waals surface area contributed by atoms with E-state index in [1.807, 2.05) is 12.1 Å². The van der Waals surface area contributed by atoms with Crippen LogP contribution in [0.25, 0.3) is 0 Å². The van der Waals surface area contributed by atoms with Gasteiger partial charge in [0.2, 0.25) is 0 Å². The van der Waals surface area contributed by atoms with Crippen LogP contribution in [-0.4, -0.2) is 12.5 Å². The van der Waals surface area contributed by atoms with Crippen LogP contribution in [0.5, 0.6) is 0 Å². The molecular formula is C16H14BrFN2O. The molecule has 0 aromatic heterocycles. The largest absolute Gasteiger partial charge is 0.322 e. The van der Waals surface area contributed by atoms with Crippen LogP contribution in [0.3, 0.4) is 0 Å². The molecule has 0 radical (unpaired) electrons. The molecule has 0 spiro atoms. The summed E-state index contributed by atoms with van der Waals surface area (Å²) in [5.41, 5.74) is 3.47. The van der Waals surface area contributed by atoms with Gasteiger partial charge in [0, 0.05) is 17.8 Å². The van der Waals surface area contributed by atoms with E-state index in [1.165, 1.54) is 17.7 Å². The van der Waals surface area contributed by atoms with Crippen molar-refractivity contribution >= 4 is 27.5 Å². The molecule has 1 amide bonds. The lowest BCUT2D eigenvalue weighted by atomic mass is 9.99. The van der Waals surface area contributed by atoms with E-state index >= 15 is 0 Å². The van der Waals surface area contributed by atoms with Crippen molar-refractivity contribution in [3.63, 3.8) is 0 Å². The van der Waals surface area contributed by atoms with Gasteiger partial charge in [-0.05, 0) is 64.3 Å². The Bertz CT molecular complexity index is 703. The maximum Gasteiger partial charge on any atom is 0.255 e. The molecule has 21 heavy (non-hydrogen) atoms. The van der Waals surface area contributed by atoms with Gasteiger partial charge in [-0.3, -0.25) is 4.79 Å². The summed E-state index contributed by atoms with van der Waals surface area (Å²) in [5.74, 6) is -0.740. The van der Waals surface area contributed by atoms with Crippen molar-refractivity contribution in [2.75, 3.05) is 11.9 Å². The summed E-state index contributed by atoms with van der Waals surface area (Å²) in [4.78, 5) is 12.3. The molecule has 0 aliphatic carbocycles. The molecule has 1 heterocycles. The number of benzene rings is 2. The van der Waals surface area contributed by atoms with Gasteiger partial charge in [0.1, 0.15) is 5.82 Å². The van der Waals surface area contributed by atoms with Crippen LogP contribution in [0, 0.1) is 5.82 Å². The van der Waals surface area contributed by atoms with Gasteiger partial charge in [-0.25, -0.2) is 4.39 Å². The van der Waals surface area contributed by atoms with Crippen LogP contribution in [0.1, 0.15) is 21.5 Å². The second kappa shape index (κ2) is 5.95. The molecular weight excluding hydrogens is 335 g/mol. The highest BCUT2D eigenvalue weighted by molar-refractivity contribution is 9.10. The number of carbonyl (C=O) groups is 1. The normalized spacial score (nSPS) is 13.6. The molecule has 2 N–H and O–H groups in total. The van der Waals surface area contributed by atoms with E-state index in [9.17, 15) is 9.18 Å². The lowest BCUT2D eigenvalue weighted by molar-refractivity contribution is 0.102. The van der Waals surface area contributed by atoms with Crippen molar-refractivity contribution < 1.29 is 9.18 Å². The highest BCUT2D eigenvalue weighted by Crippen LogP contribution is 2.24. The molecule has 5 heteroatoms. The van der Waals surface area contributed by atoms with Gasteiger partial charge in [0.05, 0.1) is 4.47 Å². The molecule has 1 aliphatic heterocycles. The second-order valence-electron chi connectivity index (χ2n) is 4.95. The maximum absolute atomic E-state index is 13.5. The zero-order chi connectivity index (χ0) is 14.8. The van der Waals surface area contributed by atoms with Crippen LogP contribution in [0.2, 0.25) is 0 Å². The highest BCUT2D eigenvalue weighted by atomic mass is 79.9. The van der Waals surface area contributed by atoms with Crippen LogP contribution < -0.4 is 10.6 Å². The fraction of sp³-hybridized carbons (Fsp3) is 0.188. The summed E-state index contributed by atoms with van der Waals surface area (Å²) < 4.78 is 13.9. The molecule has 2 aromatic rings. The van der Waals surface area contributed by atoms with Crippen LogP contribution in [0.4, 0.5) is 10.1 Å². The molecule has 0 unspecified atom stereocenters. The Morgan fingerprint density at radius 2 is 2.14 bits per heavy atom. The quantitative estimate of drug-likeness (QED) is 0.872. The molecule has 1 aliphatic rings. The molecule has 0 atom stereocenters. The van der Waals surface area contributed by atoms with E-state index in [2.05, 4.69) is 32.6 Å². The SMILES string of the molecule is O=C(Nc1cccc2c1CCNC2)c1ccc(Br)c(F)c1. The third kappa shape index (κ3) is 2.99. The van der Waals surface area contributed by atoms with Crippen molar-refractivity contribution in [1.82, 2.24) is 5.32 Å². The Balaban J connectivity index is 1.86. The summed E-state index contributed by atoms with van der Waals surface area (Å²) in [6, 6.07) is 10.2. The first-order valence-corrected chi connectivity index (χ1v) is 7.52. The number of hydrogen-bond donors (Lipinski definition) is 2. The zero-order valence-corrected chi connectivity index (χ0v) is 12.8. The first kappa shape index (κ1) is 14.2. The van der Waals surface area contributed by atoms with Crippen molar-refractivity contribution in [3.8, 4) is 0 Å². The average molecular weight is 349 g/mol. The molecule has 108 valence electrons. The Morgan fingerprint density at radius 3 is 2.95 bits per heavy atom. The van der Waals surface area contributed by atoms with E-state index in [1.54, 1.807) is 6.07 Å². The molecule has 0 saturated heterocycles. The minimum atomic E-state index is -0.443. The first-order valence-electron chi connectivity index (χ1n) is 6.73. The van der Waals surface area contributed by atoms with Gasteiger partial charge in [0.15, 0.2) is 0 Å². The average Bonchev–Trinajstić information content (AvgIpc) is 2.50. The number of rotatable bonds is 2. The maximum atomic E-state index is 13.5. The lowest BCUT2D eigenvalue weighted by Crippen LogP contribution is -2.25. The van der Waals surface area contributed by atoms with Crippen LogP contribution in [0.15, 0.2) is 40.9 Å². The van der Waals surface area contributed by atoms with Gasteiger partial charge in [-0.2, -0.15) is 0 Å². The number of nitrogens with one attached hydrogen (secondary N) is 2. The summed E-state index contributed by atoms with van der Waals surface area (Å²) in [7, 11) is 0. The summed E-state index contributed by atoms with van der Waals surface area (Å²) in [6.07, 6.45) is 0.875. The Kier molecular flexibility index (Phi) is 4.03. The Hall–Kier alpha value is -1.72. The molecule has 0 bridgehead atoms. The standard InChI is InChI=1S/C16H14BrFN2O/c17-13-5-4-10(8-14(13)18)16(21)20-15-3-1-2-11-9-19-7-6-12(11)15/h1-5,8,19H,6-7,9H2,(H,20,21). The summed E-state index contributed by atoms with van der Waals surface area (Å²) >= 11 is 3.08. The highest BCUT2D eigenvalue weighted by Gasteiger charge is 2.15. The number of fused-ring (bicyclic) bond motifs is 1. The third-order valence-electron chi connectivity index (χ3n) is 3.57. The van der Waals surface area contributed by atoms with E-state index in [0.29, 0.717) is 10.0 Å². The Morgan fingerprint density at radius 1 is 1.29 bits per heavy atom. The molecule has 0 saturated carbocycles. The molecule has 3 rings (SSSR count).